The molecule has 1 aliphatic heterocycles. The number of hydrogen-bond donors (Lipinski definition) is 4. The Kier molecular flexibility index (Phi) is 9.41. The van der Waals surface area contributed by atoms with E-state index in [1.54, 1.807) is 6.20 Å². The maximum atomic E-state index is 14.7. The predicted octanol–water partition coefficient (Wildman–Crippen LogP) is 6.98. The monoisotopic (exact) mass is 659 g/mol. The molecule has 0 saturated carbocycles. The first-order valence-electron chi connectivity index (χ1n) is 16.9. The largest absolute Gasteiger partial charge is 0.492 e. The number of halogens is 1. The highest BCUT2D eigenvalue weighted by Crippen LogP contribution is 2.35. The topological polar surface area (TPSA) is 111 Å². The number of carbonyl (C=O) groups excluding carboxylic acids is 1. The molecule has 252 valence electrons. The first-order valence-corrected chi connectivity index (χ1v) is 16.9. The van der Waals surface area contributed by atoms with Crippen molar-refractivity contribution in [3.63, 3.8) is 0 Å². The first-order chi connectivity index (χ1) is 23.8. The van der Waals surface area contributed by atoms with Gasteiger partial charge in [0.05, 0.1) is 16.9 Å². The summed E-state index contributed by atoms with van der Waals surface area (Å²) in [6.45, 7) is 5.21. The lowest BCUT2D eigenvalue weighted by Gasteiger charge is -2.22. The number of rotatable bonds is 10. The van der Waals surface area contributed by atoms with E-state index in [1.807, 2.05) is 43.3 Å². The zero-order chi connectivity index (χ0) is 33.9. The van der Waals surface area contributed by atoms with Crippen LogP contribution in [0.3, 0.4) is 0 Å². The number of amides is 1. The van der Waals surface area contributed by atoms with Crippen molar-refractivity contribution in [1.82, 2.24) is 35.7 Å². The van der Waals surface area contributed by atoms with Crippen molar-refractivity contribution in [2.24, 2.45) is 5.92 Å². The summed E-state index contributed by atoms with van der Waals surface area (Å²) in [4.78, 5) is 23.2. The Balaban J connectivity index is 1.18. The fraction of sp³-hybridized carbons (Fsp3) is 0.308. The molecule has 9 nitrogen and oxygen atoms in total. The van der Waals surface area contributed by atoms with Crippen LogP contribution in [0.5, 0.6) is 5.75 Å². The summed E-state index contributed by atoms with van der Waals surface area (Å²) >= 11 is 0. The van der Waals surface area contributed by atoms with Crippen molar-refractivity contribution in [2.45, 2.75) is 32.6 Å². The number of nitrogens with one attached hydrogen (secondary N) is 4. The van der Waals surface area contributed by atoms with E-state index < -0.39 is 0 Å². The normalized spacial score (nSPS) is 15.7. The van der Waals surface area contributed by atoms with Crippen molar-refractivity contribution in [1.29, 1.82) is 0 Å². The summed E-state index contributed by atoms with van der Waals surface area (Å²) < 4.78 is 20.6. The number of carbonyl (C=O) groups is 1. The van der Waals surface area contributed by atoms with Crippen LogP contribution in [0.25, 0.3) is 50.0 Å². The Morgan fingerprint density at radius 2 is 1.84 bits per heavy atom. The molecule has 2 aromatic carbocycles. The Labute approximate surface area is 285 Å². The molecule has 0 unspecified atom stereocenters. The summed E-state index contributed by atoms with van der Waals surface area (Å²) in [5.74, 6) is 0.572. The molecule has 10 heteroatoms. The lowest BCUT2D eigenvalue weighted by molar-refractivity contribution is -0.121. The first kappa shape index (κ1) is 32.5. The minimum absolute atomic E-state index is 0.0648. The van der Waals surface area contributed by atoms with Crippen molar-refractivity contribution in [3.05, 3.63) is 95.6 Å². The molecular formula is C39H42FN7O2. The van der Waals surface area contributed by atoms with Gasteiger partial charge in [0, 0.05) is 52.8 Å². The number of ether oxygens (including phenoxy) is 1. The van der Waals surface area contributed by atoms with Gasteiger partial charge in [0.25, 0.3) is 0 Å². The van der Waals surface area contributed by atoms with Gasteiger partial charge < -0.3 is 25.3 Å². The molecule has 1 saturated heterocycles. The van der Waals surface area contributed by atoms with E-state index in [-0.39, 0.29) is 11.7 Å². The number of allylic oxidation sites excluding steroid dienone is 5. The summed E-state index contributed by atoms with van der Waals surface area (Å²) in [5, 5.41) is 16.2. The number of hydrogen-bond acceptors (Lipinski definition) is 6. The smallest absolute Gasteiger partial charge is 0.224 e. The van der Waals surface area contributed by atoms with Gasteiger partial charge in [-0.2, -0.15) is 5.10 Å². The van der Waals surface area contributed by atoms with Crippen LogP contribution in [-0.4, -0.2) is 71.3 Å². The number of nitrogens with zero attached hydrogens (tertiary/aromatic N) is 3. The fourth-order valence-corrected chi connectivity index (χ4v) is 6.64. The van der Waals surface area contributed by atoms with E-state index in [0.29, 0.717) is 36.0 Å². The molecule has 4 N–H and O–H groups in total. The lowest BCUT2D eigenvalue weighted by atomic mass is 9.94. The number of aromatic amines is 2. The molecular weight excluding hydrogens is 617 g/mol. The second kappa shape index (κ2) is 14.2. The number of piperidine rings is 1. The Morgan fingerprint density at radius 1 is 1.00 bits per heavy atom. The van der Waals surface area contributed by atoms with E-state index >= 15 is 0 Å². The molecule has 1 aliphatic carbocycles. The Bertz CT molecular complexity index is 2100. The van der Waals surface area contributed by atoms with Gasteiger partial charge in [0.1, 0.15) is 23.9 Å². The van der Waals surface area contributed by atoms with E-state index in [2.05, 4.69) is 63.0 Å². The average Bonchev–Trinajstić information content (AvgIpc) is 3.65. The molecule has 2 aliphatic rings. The number of aromatic nitrogens is 4. The quantitative estimate of drug-likeness (QED) is 0.129. The third-order valence-electron chi connectivity index (χ3n) is 9.22. The number of pyridine rings is 1. The number of likely N-dealkylation sites (N-methyl/N-ethyl adjacent to an activating group) is 1. The molecule has 1 amide bonds. The minimum atomic E-state index is -0.380. The summed E-state index contributed by atoms with van der Waals surface area (Å²) in [6.07, 6.45) is 11.5. The van der Waals surface area contributed by atoms with Gasteiger partial charge in [0.2, 0.25) is 5.91 Å². The molecule has 1 fully saturated rings. The van der Waals surface area contributed by atoms with Crippen molar-refractivity contribution < 1.29 is 13.9 Å². The molecule has 49 heavy (non-hydrogen) atoms. The van der Waals surface area contributed by atoms with E-state index in [1.165, 1.54) is 17.7 Å². The molecule has 4 heterocycles. The summed E-state index contributed by atoms with van der Waals surface area (Å²) in [7, 11) is 3.94. The molecule has 0 spiro atoms. The molecule has 7 rings (SSSR count). The molecule has 5 aromatic rings. The van der Waals surface area contributed by atoms with E-state index in [0.717, 1.165) is 88.9 Å². The standard InChI is InChI=1S/C39H42FN7O2/c1-24-4-5-26(19-30(16-24)43-37(48)17-25-8-11-41-12-9-25)27-6-7-35-32(21-27)39(46-45-35)36-23-33-34(44-36)10-13-42-38(33)28-18-29(40)22-31(20-28)49-15-14-47(2)3/h5-7,10,13,16,18-23,25,41,44H,4,8-9,11-12,14-15,17H2,1-3H3,(H,43,48)(H,45,46). The maximum Gasteiger partial charge on any atom is 0.224 e. The van der Waals surface area contributed by atoms with E-state index in [9.17, 15) is 9.18 Å². The van der Waals surface area contributed by atoms with Gasteiger partial charge in [-0.15, -0.1) is 0 Å². The summed E-state index contributed by atoms with van der Waals surface area (Å²) in [5.41, 5.74) is 8.72. The van der Waals surface area contributed by atoms with Crippen LogP contribution in [0.4, 0.5) is 4.39 Å². The van der Waals surface area contributed by atoms with Crippen molar-refractivity contribution in [2.75, 3.05) is 40.3 Å². The van der Waals surface area contributed by atoms with Crippen LogP contribution < -0.4 is 15.4 Å². The van der Waals surface area contributed by atoms with Gasteiger partial charge in [-0.05, 0) is 119 Å². The number of H-pyrrole nitrogens is 2. The molecule has 3 aromatic heterocycles. The van der Waals surface area contributed by atoms with Crippen LogP contribution in [0.15, 0.2) is 84.2 Å². The van der Waals surface area contributed by atoms with Gasteiger partial charge in [-0.3, -0.25) is 14.9 Å². The number of fused-ring (bicyclic) bond motifs is 2. The second-order valence-electron chi connectivity index (χ2n) is 13.4. The molecule has 0 radical (unpaired) electrons. The highest BCUT2D eigenvalue weighted by Gasteiger charge is 2.19. The Hall–Kier alpha value is -5.06. The number of benzene rings is 2. The highest BCUT2D eigenvalue weighted by molar-refractivity contribution is 6.01. The molecule has 0 bridgehead atoms. The van der Waals surface area contributed by atoms with Gasteiger partial charge in [-0.25, -0.2) is 4.39 Å². The lowest BCUT2D eigenvalue weighted by Crippen LogP contribution is -2.31. The van der Waals surface area contributed by atoms with Crippen molar-refractivity contribution >= 4 is 33.3 Å². The minimum Gasteiger partial charge on any atom is -0.492 e. The second-order valence-corrected chi connectivity index (χ2v) is 13.4. The highest BCUT2D eigenvalue weighted by atomic mass is 19.1. The van der Waals surface area contributed by atoms with Gasteiger partial charge in [-0.1, -0.05) is 17.7 Å². The predicted molar refractivity (Wildman–Crippen MR) is 193 cm³/mol. The van der Waals surface area contributed by atoms with Crippen LogP contribution in [0.2, 0.25) is 0 Å². The third kappa shape index (κ3) is 7.50. The van der Waals surface area contributed by atoms with Gasteiger partial charge in [0.15, 0.2) is 0 Å². The maximum absolute atomic E-state index is 14.7. The Morgan fingerprint density at radius 3 is 2.67 bits per heavy atom. The third-order valence-corrected chi connectivity index (χ3v) is 9.22. The van der Waals surface area contributed by atoms with Crippen LogP contribution >= 0.6 is 0 Å². The summed E-state index contributed by atoms with van der Waals surface area (Å²) in [6, 6.07) is 14.9. The fourth-order valence-electron chi connectivity index (χ4n) is 6.64. The van der Waals surface area contributed by atoms with Crippen LogP contribution in [-0.2, 0) is 4.79 Å². The zero-order valence-electron chi connectivity index (χ0n) is 28.2. The average molecular weight is 660 g/mol. The zero-order valence-corrected chi connectivity index (χ0v) is 28.2. The van der Waals surface area contributed by atoms with E-state index in [4.69, 9.17) is 9.84 Å². The SMILES string of the molecule is CC1=CC(NC(=O)CC2CCNCC2)=CC(c2ccc3[nH]nc(-c4cc5c(-c6cc(F)cc(OCCN(C)C)c6)nccc5[nH]4)c3c2)=CC1. The molecule has 0 atom stereocenters. The van der Waals surface area contributed by atoms with Crippen LogP contribution in [0, 0.1) is 11.7 Å². The van der Waals surface area contributed by atoms with Gasteiger partial charge >= 0.3 is 0 Å². The van der Waals surface area contributed by atoms with Crippen LogP contribution in [0.1, 0.15) is 38.2 Å². The van der Waals surface area contributed by atoms with Crippen molar-refractivity contribution in [3.8, 4) is 28.4 Å².